The first kappa shape index (κ1) is 27.3. The number of anilines is 1. The number of nitrogens with zero attached hydrogens (tertiary/aromatic N) is 1. The fraction of sp³-hybridized carbons (Fsp3) is 0.212. The first-order valence-electron chi connectivity index (χ1n) is 13.2. The zero-order valence-electron chi connectivity index (χ0n) is 22.5. The number of amides is 1. The van der Waals surface area contributed by atoms with Crippen LogP contribution in [0.2, 0.25) is 0 Å². The van der Waals surface area contributed by atoms with Crippen molar-refractivity contribution in [3.63, 3.8) is 0 Å². The van der Waals surface area contributed by atoms with Gasteiger partial charge in [0.25, 0.3) is 0 Å². The monoisotopic (exact) mass is 601 g/mol. The van der Waals surface area contributed by atoms with E-state index >= 15 is 0 Å². The molecule has 200 valence electrons. The SMILES string of the molecule is CC(C)(C)OC(=O)c1ccccc1N1CCC(P(Br)(c2ccccc2)(c2ccccc2)c2ccccc2)C1=O. The summed E-state index contributed by atoms with van der Waals surface area (Å²) >= 11 is 4.46. The second-order valence-corrected chi connectivity index (χ2v) is 19.6. The summed E-state index contributed by atoms with van der Waals surface area (Å²) in [4.78, 5) is 29.7. The van der Waals surface area contributed by atoms with E-state index in [0.717, 1.165) is 15.9 Å². The van der Waals surface area contributed by atoms with Gasteiger partial charge in [-0.05, 0) is 0 Å². The van der Waals surface area contributed by atoms with Crippen molar-refractivity contribution in [2.45, 2.75) is 38.5 Å². The van der Waals surface area contributed by atoms with Crippen molar-refractivity contribution in [2.75, 3.05) is 11.4 Å². The topological polar surface area (TPSA) is 46.6 Å². The molecular weight excluding hydrogens is 569 g/mol. The quantitative estimate of drug-likeness (QED) is 0.185. The Labute approximate surface area is 238 Å². The van der Waals surface area contributed by atoms with Crippen LogP contribution in [0.25, 0.3) is 0 Å². The number of ether oxygens (including phenoxy) is 1. The molecule has 6 heteroatoms. The first-order valence-corrected chi connectivity index (χ1v) is 17.5. The standard InChI is InChI=1S/C33H33BrNO3P/c1-33(2,3)38-32(37)28-21-13-14-22-29(28)35-24-23-30(31(35)36)39(34,25-15-7-4-8-16-25,26-17-9-5-10-18-26)27-19-11-6-12-20-27/h4-22,30H,23-24H2,1-3H3. The molecule has 1 atom stereocenters. The van der Waals surface area contributed by atoms with E-state index in [1.165, 1.54) is 0 Å². The van der Waals surface area contributed by atoms with E-state index in [2.05, 4.69) is 51.9 Å². The van der Waals surface area contributed by atoms with Crippen LogP contribution >= 0.6 is 20.8 Å². The van der Waals surface area contributed by atoms with E-state index in [9.17, 15) is 9.59 Å². The van der Waals surface area contributed by atoms with Crippen molar-refractivity contribution < 1.29 is 14.3 Å². The molecule has 5 rings (SSSR count). The molecule has 0 saturated carbocycles. The molecule has 1 heterocycles. The van der Waals surface area contributed by atoms with Crippen LogP contribution in [0.5, 0.6) is 0 Å². The molecule has 1 unspecified atom stereocenters. The van der Waals surface area contributed by atoms with Crippen molar-refractivity contribution in [3.05, 3.63) is 121 Å². The Morgan fingerprint density at radius 1 is 0.769 bits per heavy atom. The minimum atomic E-state index is -3.54. The minimum absolute atomic E-state index is 0.00268. The van der Waals surface area contributed by atoms with Crippen LogP contribution in [0.4, 0.5) is 5.69 Å². The van der Waals surface area contributed by atoms with Crippen LogP contribution in [0.15, 0.2) is 115 Å². The second kappa shape index (κ2) is 10.4. The van der Waals surface area contributed by atoms with Crippen molar-refractivity contribution in [1.29, 1.82) is 0 Å². The molecule has 0 aliphatic carbocycles. The van der Waals surface area contributed by atoms with Gasteiger partial charge in [0.15, 0.2) is 0 Å². The summed E-state index contributed by atoms with van der Waals surface area (Å²) in [6.07, 6.45) is 0.628. The van der Waals surface area contributed by atoms with E-state index in [4.69, 9.17) is 4.74 Å². The van der Waals surface area contributed by atoms with Gasteiger partial charge < -0.3 is 0 Å². The normalized spacial score (nSPS) is 16.9. The van der Waals surface area contributed by atoms with Gasteiger partial charge in [0, 0.05) is 0 Å². The van der Waals surface area contributed by atoms with Crippen LogP contribution in [0.1, 0.15) is 37.6 Å². The number of halogens is 1. The molecular formula is C33H33BrNO3P. The zero-order valence-corrected chi connectivity index (χ0v) is 24.9. The van der Waals surface area contributed by atoms with Crippen molar-refractivity contribution in [3.8, 4) is 0 Å². The molecule has 1 aliphatic heterocycles. The molecule has 0 aromatic heterocycles. The fourth-order valence-electron chi connectivity index (χ4n) is 5.71. The second-order valence-electron chi connectivity index (χ2n) is 10.9. The molecule has 39 heavy (non-hydrogen) atoms. The van der Waals surface area contributed by atoms with Crippen LogP contribution < -0.4 is 20.8 Å². The number of esters is 1. The Morgan fingerprint density at radius 3 is 1.67 bits per heavy atom. The summed E-state index contributed by atoms with van der Waals surface area (Å²) in [5, 5.41) is -0.240. The molecule has 4 nitrogen and oxygen atoms in total. The van der Waals surface area contributed by atoms with Crippen molar-refractivity contribution in [2.24, 2.45) is 0 Å². The van der Waals surface area contributed by atoms with Gasteiger partial charge in [-0.1, -0.05) is 0 Å². The third kappa shape index (κ3) is 4.62. The average molecular weight is 603 g/mol. The Bertz CT molecular complexity index is 1390. The third-order valence-electron chi connectivity index (χ3n) is 7.36. The molecule has 4 aromatic rings. The maximum atomic E-state index is 14.7. The summed E-state index contributed by atoms with van der Waals surface area (Å²) in [6, 6.07) is 38.3. The van der Waals surface area contributed by atoms with Crippen LogP contribution in [-0.4, -0.2) is 29.7 Å². The van der Waals surface area contributed by atoms with Gasteiger partial charge in [-0.25, -0.2) is 0 Å². The molecule has 0 bridgehead atoms. The Hall–Kier alpha value is -3.27. The number of hydrogen-bond donors (Lipinski definition) is 0. The Kier molecular flexibility index (Phi) is 7.26. The molecule has 0 spiro atoms. The van der Waals surface area contributed by atoms with Gasteiger partial charge in [0.05, 0.1) is 0 Å². The summed E-state index contributed by atoms with van der Waals surface area (Å²) in [7, 11) is 0. The Morgan fingerprint density at radius 2 is 1.21 bits per heavy atom. The van der Waals surface area contributed by atoms with Crippen molar-refractivity contribution >= 4 is 54.3 Å². The summed E-state index contributed by atoms with van der Waals surface area (Å²) in [5.74, 6) is -0.433. The van der Waals surface area contributed by atoms with Crippen LogP contribution in [0.3, 0.4) is 0 Å². The summed E-state index contributed by atoms with van der Waals surface area (Å²) in [5.41, 5.74) is -0.0339. The average Bonchev–Trinajstić information content (AvgIpc) is 3.35. The molecule has 1 amide bonds. The van der Waals surface area contributed by atoms with Crippen molar-refractivity contribution in [1.82, 2.24) is 0 Å². The number of benzene rings is 4. The van der Waals surface area contributed by atoms with Gasteiger partial charge in [0.2, 0.25) is 0 Å². The fourth-order valence-corrected chi connectivity index (χ4v) is 14.4. The predicted octanol–water partition coefficient (Wildman–Crippen LogP) is 6.59. The van der Waals surface area contributed by atoms with E-state index < -0.39 is 16.9 Å². The first-order chi connectivity index (χ1) is 18.6. The van der Waals surface area contributed by atoms with Gasteiger partial charge in [-0.2, -0.15) is 0 Å². The van der Waals surface area contributed by atoms with Crippen LogP contribution in [0, 0.1) is 0 Å². The predicted molar refractivity (Wildman–Crippen MR) is 166 cm³/mol. The van der Waals surface area contributed by atoms with Gasteiger partial charge in [-0.3, -0.25) is 0 Å². The molecule has 0 N–H and O–H groups in total. The zero-order chi connectivity index (χ0) is 27.7. The number of hydrogen-bond acceptors (Lipinski definition) is 3. The number of para-hydroxylation sites is 1. The van der Waals surface area contributed by atoms with Gasteiger partial charge >= 0.3 is 239 Å². The molecule has 1 aliphatic rings. The van der Waals surface area contributed by atoms with Crippen LogP contribution in [-0.2, 0) is 9.53 Å². The van der Waals surface area contributed by atoms with E-state index in [1.54, 1.807) is 11.0 Å². The molecule has 1 fully saturated rings. The maximum absolute atomic E-state index is 14.7. The molecule has 1 saturated heterocycles. The van der Waals surface area contributed by atoms with E-state index in [0.29, 0.717) is 24.2 Å². The van der Waals surface area contributed by atoms with Gasteiger partial charge in [0.1, 0.15) is 0 Å². The number of rotatable bonds is 6. The number of carbonyl (C=O) groups excluding carboxylic acids is 2. The molecule has 4 aromatic carbocycles. The summed E-state index contributed by atoms with van der Waals surface area (Å²) < 4.78 is 5.70. The van der Waals surface area contributed by atoms with Gasteiger partial charge in [-0.15, -0.1) is 0 Å². The molecule has 0 radical (unpaired) electrons. The third-order valence-corrected chi connectivity index (χ3v) is 18.1. The van der Waals surface area contributed by atoms with E-state index in [-0.39, 0.29) is 11.6 Å². The van der Waals surface area contributed by atoms with E-state index in [1.807, 2.05) is 93.6 Å². The number of carbonyl (C=O) groups is 2. The Balaban J connectivity index is 1.71. The summed E-state index contributed by atoms with van der Waals surface area (Å²) in [6.45, 7) is 6.04.